The van der Waals surface area contributed by atoms with Gasteiger partial charge >= 0.3 is 0 Å². The third kappa shape index (κ3) is 1.52. The number of hydrogen-bond donors (Lipinski definition) is 2. The summed E-state index contributed by atoms with van der Waals surface area (Å²) in [5, 5.41) is 9.94. The summed E-state index contributed by atoms with van der Waals surface area (Å²) in [5.41, 5.74) is 5.19. The summed E-state index contributed by atoms with van der Waals surface area (Å²) in [6.07, 6.45) is 1.65. The highest BCUT2D eigenvalue weighted by atomic mass is 32.2. The van der Waals surface area contributed by atoms with Crippen molar-refractivity contribution in [3.05, 3.63) is 0 Å². The Hall–Kier alpha value is -0.130. The predicted octanol–water partition coefficient (Wildman–Crippen LogP) is 0.832. The van der Waals surface area contributed by atoms with Gasteiger partial charge in [0.2, 0.25) is 0 Å². The number of nitrogens with two attached hydrogens (primary N) is 1. The van der Waals surface area contributed by atoms with E-state index in [4.69, 9.17) is 5.73 Å². The van der Waals surface area contributed by atoms with Gasteiger partial charge in [0.15, 0.2) is 9.84 Å². The SMILES string of the molecule is CC(C)(C)C1(S(=O)(=O)C2(C(O)CN)CC2)CC1. The first-order chi connectivity index (χ1) is 7.65. The summed E-state index contributed by atoms with van der Waals surface area (Å²) < 4.78 is 24.1. The molecule has 5 heteroatoms. The van der Waals surface area contributed by atoms with Crippen LogP contribution in [0.4, 0.5) is 0 Å². The second kappa shape index (κ2) is 3.45. The maximum Gasteiger partial charge on any atom is 0.164 e. The molecule has 1 atom stereocenters. The van der Waals surface area contributed by atoms with Gasteiger partial charge in [0.1, 0.15) is 0 Å². The molecule has 0 spiro atoms. The van der Waals surface area contributed by atoms with Crippen LogP contribution in [0.15, 0.2) is 0 Å². The minimum absolute atomic E-state index is 0.0272. The molecule has 2 saturated carbocycles. The van der Waals surface area contributed by atoms with Crippen molar-refractivity contribution in [2.24, 2.45) is 11.1 Å². The van der Waals surface area contributed by atoms with Crippen LogP contribution in [0.5, 0.6) is 0 Å². The fourth-order valence-electron chi connectivity index (χ4n) is 3.04. The lowest BCUT2D eigenvalue weighted by Gasteiger charge is -2.35. The van der Waals surface area contributed by atoms with Gasteiger partial charge in [-0.3, -0.25) is 0 Å². The minimum atomic E-state index is -3.31. The van der Waals surface area contributed by atoms with Crippen molar-refractivity contribution in [1.82, 2.24) is 0 Å². The number of hydrogen-bond acceptors (Lipinski definition) is 4. The van der Waals surface area contributed by atoms with Crippen LogP contribution in [-0.2, 0) is 9.84 Å². The molecule has 0 aromatic heterocycles. The smallest absolute Gasteiger partial charge is 0.164 e. The normalized spacial score (nSPS) is 27.6. The second-order valence-electron chi connectivity index (χ2n) is 6.56. The van der Waals surface area contributed by atoms with Crippen molar-refractivity contribution >= 4 is 9.84 Å². The molecule has 0 bridgehead atoms. The Bertz CT molecular complexity index is 414. The first-order valence-corrected chi connectivity index (χ1v) is 7.75. The number of rotatable bonds is 4. The Kier molecular flexibility index (Phi) is 2.70. The molecule has 4 nitrogen and oxygen atoms in total. The number of aliphatic hydroxyl groups excluding tert-OH is 1. The van der Waals surface area contributed by atoms with Crippen LogP contribution in [0.3, 0.4) is 0 Å². The van der Waals surface area contributed by atoms with Crippen LogP contribution < -0.4 is 5.73 Å². The zero-order chi connectivity index (χ0) is 13.1. The monoisotopic (exact) mass is 261 g/mol. The fourth-order valence-corrected chi connectivity index (χ4v) is 6.36. The van der Waals surface area contributed by atoms with E-state index in [1.807, 2.05) is 20.8 Å². The van der Waals surface area contributed by atoms with Crippen molar-refractivity contribution < 1.29 is 13.5 Å². The molecule has 17 heavy (non-hydrogen) atoms. The van der Waals surface area contributed by atoms with Crippen LogP contribution in [0, 0.1) is 5.41 Å². The highest BCUT2D eigenvalue weighted by molar-refractivity contribution is 7.94. The molecule has 1 unspecified atom stereocenters. The van der Waals surface area contributed by atoms with E-state index in [2.05, 4.69) is 0 Å². The molecule has 0 heterocycles. The van der Waals surface area contributed by atoms with E-state index in [0.717, 1.165) is 12.8 Å². The van der Waals surface area contributed by atoms with E-state index in [0.29, 0.717) is 12.8 Å². The minimum Gasteiger partial charge on any atom is -0.390 e. The van der Waals surface area contributed by atoms with Crippen LogP contribution in [0.25, 0.3) is 0 Å². The molecule has 0 aromatic rings. The van der Waals surface area contributed by atoms with Crippen molar-refractivity contribution in [2.75, 3.05) is 6.54 Å². The molecule has 100 valence electrons. The van der Waals surface area contributed by atoms with Gasteiger partial charge in [-0.25, -0.2) is 8.42 Å². The average molecular weight is 261 g/mol. The third-order valence-corrected chi connectivity index (χ3v) is 8.49. The van der Waals surface area contributed by atoms with Crippen molar-refractivity contribution in [3.8, 4) is 0 Å². The Labute approximate surface area is 104 Å². The summed E-state index contributed by atoms with van der Waals surface area (Å²) >= 11 is 0. The van der Waals surface area contributed by atoms with E-state index in [1.165, 1.54) is 0 Å². The third-order valence-electron chi connectivity index (χ3n) is 4.69. The summed E-state index contributed by atoms with van der Waals surface area (Å²) in [7, 11) is -3.31. The Morgan fingerprint density at radius 3 is 1.94 bits per heavy atom. The Morgan fingerprint density at radius 1 is 1.24 bits per heavy atom. The van der Waals surface area contributed by atoms with Gasteiger partial charge in [0, 0.05) is 6.54 Å². The molecule has 2 aliphatic carbocycles. The van der Waals surface area contributed by atoms with E-state index in [1.54, 1.807) is 0 Å². The molecule has 2 fully saturated rings. The Balaban J connectivity index is 2.40. The summed E-state index contributed by atoms with van der Waals surface area (Å²) in [6.45, 7) is 5.95. The quantitative estimate of drug-likeness (QED) is 0.785. The lowest BCUT2D eigenvalue weighted by atomic mass is 9.89. The van der Waals surface area contributed by atoms with Gasteiger partial charge in [0.25, 0.3) is 0 Å². The molecule has 0 radical (unpaired) electrons. The molecule has 2 rings (SSSR count). The van der Waals surface area contributed by atoms with Gasteiger partial charge < -0.3 is 10.8 Å². The lowest BCUT2D eigenvalue weighted by molar-refractivity contribution is 0.166. The van der Waals surface area contributed by atoms with Crippen LogP contribution in [-0.4, -0.2) is 35.7 Å². The fraction of sp³-hybridized carbons (Fsp3) is 1.00. The zero-order valence-electron chi connectivity index (χ0n) is 10.9. The summed E-state index contributed by atoms with van der Waals surface area (Å²) in [6, 6.07) is 0. The lowest BCUT2D eigenvalue weighted by Crippen LogP contribution is -2.50. The van der Waals surface area contributed by atoms with Gasteiger partial charge in [-0.2, -0.15) is 0 Å². The summed E-state index contributed by atoms with van der Waals surface area (Å²) in [5.74, 6) is 0. The largest absolute Gasteiger partial charge is 0.390 e. The van der Waals surface area contributed by atoms with Crippen LogP contribution >= 0.6 is 0 Å². The van der Waals surface area contributed by atoms with Crippen molar-refractivity contribution in [1.29, 1.82) is 0 Å². The van der Waals surface area contributed by atoms with E-state index in [-0.39, 0.29) is 12.0 Å². The van der Waals surface area contributed by atoms with Crippen LogP contribution in [0.2, 0.25) is 0 Å². The molecule has 0 amide bonds. The highest BCUT2D eigenvalue weighted by Gasteiger charge is 2.72. The first-order valence-electron chi connectivity index (χ1n) is 6.27. The van der Waals surface area contributed by atoms with Crippen molar-refractivity contribution in [3.63, 3.8) is 0 Å². The molecule has 0 saturated heterocycles. The molecule has 2 aliphatic rings. The van der Waals surface area contributed by atoms with Gasteiger partial charge in [-0.1, -0.05) is 20.8 Å². The molecule has 0 aromatic carbocycles. The van der Waals surface area contributed by atoms with Gasteiger partial charge in [-0.15, -0.1) is 0 Å². The average Bonchev–Trinajstić information content (AvgIpc) is 3.03. The molecule has 0 aliphatic heterocycles. The predicted molar refractivity (Wildman–Crippen MR) is 67.4 cm³/mol. The topological polar surface area (TPSA) is 80.4 Å². The maximum atomic E-state index is 12.8. The maximum absolute atomic E-state index is 12.8. The second-order valence-corrected chi connectivity index (χ2v) is 9.17. The van der Waals surface area contributed by atoms with Crippen molar-refractivity contribution in [2.45, 2.75) is 62.1 Å². The van der Waals surface area contributed by atoms with Crippen LogP contribution in [0.1, 0.15) is 46.5 Å². The molecular formula is C12H23NO3S. The van der Waals surface area contributed by atoms with E-state index < -0.39 is 25.4 Å². The highest BCUT2D eigenvalue weighted by Crippen LogP contribution is 2.63. The molecular weight excluding hydrogens is 238 g/mol. The standard InChI is InChI=1S/C12H23NO3S/c1-10(2,3)12(6-7-12)17(15,16)11(4-5-11)9(14)8-13/h9,14H,4-8,13H2,1-3H3. The van der Waals surface area contributed by atoms with E-state index >= 15 is 0 Å². The summed E-state index contributed by atoms with van der Waals surface area (Å²) in [4.78, 5) is 0. The van der Waals surface area contributed by atoms with Gasteiger partial charge in [0.05, 0.1) is 15.6 Å². The Morgan fingerprint density at radius 2 is 1.71 bits per heavy atom. The zero-order valence-corrected chi connectivity index (χ0v) is 11.7. The molecule has 3 N–H and O–H groups in total. The number of aliphatic hydroxyl groups is 1. The van der Waals surface area contributed by atoms with E-state index in [9.17, 15) is 13.5 Å². The first kappa shape index (κ1) is 13.3. The number of sulfone groups is 1. The van der Waals surface area contributed by atoms with Gasteiger partial charge in [-0.05, 0) is 31.1 Å².